The van der Waals surface area contributed by atoms with Crippen LogP contribution in [-0.4, -0.2) is 35.3 Å². The molecular weight excluding hydrogens is 304 g/mol. The van der Waals surface area contributed by atoms with Crippen molar-refractivity contribution in [2.45, 2.75) is 38.1 Å². The second-order valence-corrected chi connectivity index (χ2v) is 5.44. The summed E-state index contributed by atoms with van der Waals surface area (Å²) in [5.74, 6) is -0.257. The van der Waals surface area contributed by atoms with Crippen molar-refractivity contribution in [2.24, 2.45) is 5.73 Å². The standard InChI is InChI=1S/C16H23ClN2O3/c17-11-15(21)14(3-1-2-10-18)19-16(22)9-6-12-4-7-13(20)8-5-12/h4-5,7-8,14,20H,1-3,6,9-11,18H2,(H,19,22)/t14-/m0/s1. The Labute approximate surface area is 135 Å². The average molecular weight is 327 g/mol. The van der Waals surface area contributed by atoms with Crippen LogP contribution in [0.15, 0.2) is 24.3 Å². The number of carbonyl (C=O) groups is 2. The Balaban J connectivity index is 2.44. The lowest BCUT2D eigenvalue weighted by Gasteiger charge is -2.16. The van der Waals surface area contributed by atoms with Crippen molar-refractivity contribution < 1.29 is 14.7 Å². The second-order valence-electron chi connectivity index (χ2n) is 5.17. The largest absolute Gasteiger partial charge is 0.508 e. The van der Waals surface area contributed by atoms with Crippen LogP contribution in [0.5, 0.6) is 5.75 Å². The molecule has 1 rings (SSSR count). The molecule has 0 bridgehead atoms. The van der Waals surface area contributed by atoms with Gasteiger partial charge in [-0.1, -0.05) is 12.1 Å². The number of ketones is 1. The van der Waals surface area contributed by atoms with E-state index in [0.29, 0.717) is 19.4 Å². The van der Waals surface area contributed by atoms with Crippen LogP contribution in [0, 0.1) is 0 Å². The Morgan fingerprint density at radius 3 is 2.50 bits per heavy atom. The van der Waals surface area contributed by atoms with Crippen LogP contribution in [0.1, 0.15) is 31.2 Å². The van der Waals surface area contributed by atoms with E-state index in [0.717, 1.165) is 18.4 Å². The maximum atomic E-state index is 12.0. The zero-order valence-electron chi connectivity index (χ0n) is 12.6. The molecule has 4 N–H and O–H groups in total. The summed E-state index contributed by atoms with van der Waals surface area (Å²) < 4.78 is 0. The van der Waals surface area contributed by atoms with Crippen LogP contribution >= 0.6 is 11.6 Å². The summed E-state index contributed by atoms with van der Waals surface area (Å²) in [4.78, 5) is 23.7. The zero-order valence-corrected chi connectivity index (χ0v) is 13.3. The number of unbranched alkanes of at least 4 members (excludes halogenated alkanes) is 1. The molecule has 0 saturated heterocycles. The highest BCUT2D eigenvalue weighted by molar-refractivity contribution is 6.28. The Bertz CT molecular complexity index is 477. The number of alkyl halides is 1. The van der Waals surface area contributed by atoms with Gasteiger partial charge in [0.25, 0.3) is 0 Å². The van der Waals surface area contributed by atoms with Gasteiger partial charge in [-0.25, -0.2) is 0 Å². The van der Waals surface area contributed by atoms with Crippen LogP contribution in [0.25, 0.3) is 0 Å². The predicted molar refractivity (Wildman–Crippen MR) is 87.0 cm³/mol. The first-order valence-corrected chi connectivity index (χ1v) is 7.96. The number of phenols is 1. The third-order valence-electron chi connectivity index (χ3n) is 3.38. The second kappa shape index (κ2) is 10.2. The predicted octanol–water partition coefficient (Wildman–Crippen LogP) is 1.75. The third-order valence-corrected chi connectivity index (χ3v) is 3.64. The van der Waals surface area contributed by atoms with Gasteiger partial charge < -0.3 is 16.2 Å². The number of phenolic OH excluding ortho intramolecular Hbond substituents is 1. The fourth-order valence-corrected chi connectivity index (χ4v) is 2.27. The van der Waals surface area contributed by atoms with Crippen LogP contribution < -0.4 is 11.1 Å². The molecule has 1 amide bonds. The number of amides is 1. The molecule has 1 aromatic rings. The Morgan fingerprint density at radius 1 is 1.23 bits per heavy atom. The molecule has 122 valence electrons. The van der Waals surface area contributed by atoms with Crippen molar-refractivity contribution in [3.63, 3.8) is 0 Å². The Kier molecular flexibility index (Phi) is 8.55. The molecule has 0 fully saturated rings. The lowest BCUT2D eigenvalue weighted by Crippen LogP contribution is -2.41. The van der Waals surface area contributed by atoms with Crippen molar-refractivity contribution >= 4 is 23.3 Å². The van der Waals surface area contributed by atoms with Gasteiger partial charge in [0.15, 0.2) is 5.78 Å². The molecule has 0 aliphatic rings. The number of benzene rings is 1. The first-order chi connectivity index (χ1) is 10.6. The summed E-state index contributed by atoms with van der Waals surface area (Å²) in [5.41, 5.74) is 6.39. The Morgan fingerprint density at radius 2 is 1.91 bits per heavy atom. The van der Waals surface area contributed by atoms with Gasteiger partial charge in [-0.2, -0.15) is 0 Å². The van der Waals surface area contributed by atoms with Crippen LogP contribution in [-0.2, 0) is 16.0 Å². The van der Waals surface area contributed by atoms with E-state index in [1.54, 1.807) is 24.3 Å². The molecule has 6 heteroatoms. The van der Waals surface area contributed by atoms with Crippen molar-refractivity contribution in [2.75, 3.05) is 12.4 Å². The molecule has 22 heavy (non-hydrogen) atoms. The summed E-state index contributed by atoms with van der Waals surface area (Å²) in [7, 11) is 0. The molecule has 0 heterocycles. The minimum atomic E-state index is -0.531. The maximum Gasteiger partial charge on any atom is 0.220 e. The molecule has 1 aromatic carbocycles. The number of nitrogens with one attached hydrogen (secondary N) is 1. The van der Waals surface area contributed by atoms with E-state index < -0.39 is 6.04 Å². The fraction of sp³-hybridized carbons (Fsp3) is 0.500. The zero-order chi connectivity index (χ0) is 16.4. The highest BCUT2D eigenvalue weighted by atomic mass is 35.5. The summed E-state index contributed by atoms with van der Waals surface area (Å²) in [6.45, 7) is 0.566. The van der Waals surface area contributed by atoms with Gasteiger partial charge in [0.1, 0.15) is 5.75 Å². The van der Waals surface area contributed by atoms with Crippen LogP contribution in [0.3, 0.4) is 0 Å². The van der Waals surface area contributed by atoms with E-state index in [4.69, 9.17) is 17.3 Å². The van der Waals surface area contributed by atoms with E-state index in [1.807, 2.05) is 0 Å². The third kappa shape index (κ3) is 6.91. The van der Waals surface area contributed by atoms with E-state index in [1.165, 1.54) is 0 Å². The molecule has 0 unspecified atom stereocenters. The number of aryl methyl sites for hydroxylation is 1. The van der Waals surface area contributed by atoms with Crippen molar-refractivity contribution in [1.29, 1.82) is 0 Å². The maximum absolute atomic E-state index is 12.0. The fourth-order valence-electron chi connectivity index (χ4n) is 2.09. The van der Waals surface area contributed by atoms with Crippen LogP contribution in [0.4, 0.5) is 0 Å². The van der Waals surface area contributed by atoms with Gasteiger partial charge in [0, 0.05) is 6.42 Å². The molecule has 0 aliphatic heterocycles. The summed E-state index contributed by atoms with van der Waals surface area (Å²) in [5, 5.41) is 12.0. The molecule has 0 aliphatic carbocycles. The number of hydrogen-bond acceptors (Lipinski definition) is 4. The molecule has 5 nitrogen and oxygen atoms in total. The average Bonchev–Trinajstić information content (AvgIpc) is 2.53. The van der Waals surface area contributed by atoms with E-state index >= 15 is 0 Å². The van der Waals surface area contributed by atoms with E-state index in [-0.39, 0.29) is 29.7 Å². The summed E-state index contributed by atoms with van der Waals surface area (Å²) >= 11 is 5.58. The highest BCUT2D eigenvalue weighted by Crippen LogP contribution is 2.11. The number of rotatable bonds is 10. The molecular formula is C16H23ClN2O3. The number of nitrogens with two attached hydrogens (primary N) is 1. The topological polar surface area (TPSA) is 92.4 Å². The van der Waals surface area contributed by atoms with E-state index in [9.17, 15) is 14.7 Å². The highest BCUT2D eigenvalue weighted by Gasteiger charge is 2.19. The number of halogens is 1. The SMILES string of the molecule is NCCCC[C@H](NC(=O)CCc1ccc(O)cc1)C(=O)CCl. The molecule has 0 aromatic heterocycles. The van der Waals surface area contributed by atoms with Gasteiger partial charge >= 0.3 is 0 Å². The van der Waals surface area contributed by atoms with Gasteiger partial charge in [-0.05, 0) is 49.9 Å². The molecule has 0 spiro atoms. The normalized spacial score (nSPS) is 11.9. The first kappa shape index (κ1) is 18.5. The summed E-state index contributed by atoms with van der Waals surface area (Å²) in [6, 6.07) is 6.17. The lowest BCUT2D eigenvalue weighted by molar-refractivity contribution is -0.126. The van der Waals surface area contributed by atoms with Crippen LogP contribution in [0.2, 0.25) is 0 Å². The summed E-state index contributed by atoms with van der Waals surface area (Å²) in [6.07, 6.45) is 3.00. The molecule has 1 atom stereocenters. The lowest BCUT2D eigenvalue weighted by atomic mass is 10.0. The number of carbonyl (C=O) groups excluding carboxylic acids is 2. The van der Waals surface area contributed by atoms with Gasteiger partial charge in [0.2, 0.25) is 5.91 Å². The Hall–Kier alpha value is -1.59. The quantitative estimate of drug-likeness (QED) is 0.451. The minimum Gasteiger partial charge on any atom is -0.508 e. The minimum absolute atomic E-state index is 0.106. The molecule has 0 saturated carbocycles. The number of aromatic hydroxyl groups is 1. The monoisotopic (exact) mass is 326 g/mol. The van der Waals surface area contributed by atoms with Crippen molar-refractivity contribution in [3.05, 3.63) is 29.8 Å². The van der Waals surface area contributed by atoms with E-state index in [2.05, 4.69) is 5.32 Å². The number of Topliss-reactive ketones (excluding diaryl/α,β-unsaturated/α-hetero) is 1. The van der Waals surface area contributed by atoms with Crippen molar-refractivity contribution in [3.8, 4) is 5.75 Å². The number of hydrogen-bond donors (Lipinski definition) is 3. The van der Waals surface area contributed by atoms with Gasteiger partial charge in [-0.15, -0.1) is 11.6 Å². The van der Waals surface area contributed by atoms with Crippen molar-refractivity contribution in [1.82, 2.24) is 5.32 Å². The van der Waals surface area contributed by atoms with Gasteiger partial charge in [-0.3, -0.25) is 9.59 Å². The smallest absolute Gasteiger partial charge is 0.220 e. The molecule has 0 radical (unpaired) electrons. The van der Waals surface area contributed by atoms with Gasteiger partial charge in [0.05, 0.1) is 11.9 Å². The first-order valence-electron chi connectivity index (χ1n) is 7.42.